The van der Waals surface area contributed by atoms with E-state index in [2.05, 4.69) is 15.1 Å². The molecule has 0 aliphatic carbocycles. The van der Waals surface area contributed by atoms with Gasteiger partial charge in [0.2, 0.25) is 11.3 Å². The number of aromatic nitrogens is 3. The maximum Gasteiger partial charge on any atom is 0.360 e. The SMILES string of the molecule is Cc1nc(Cl)c2onc(C(=O)O)c2n1. The maximum atomic E-state index is 10.7. The average Bonchev–Trinajstić information content (AvgIpc) is 2.47. The summed E-state index contributed by atoms with van der Waals surface area (Å²) in [6.45, 7) is 1.60. The van der Waals surface area contributed by atoms with E-state index in [0.717, 1.165) is 0 Å². The van der Waals surface area contributed by atoms with Crippen molar-refractivity contribution in [1.29, 1.82) is 0 Å². The van der Waals surface area contributed by atoms with Crippen LogP contribution in [0.1, 0.15) is 16.3 Å². The first-order valence-corrected chi connectivity index (χ1v) is 4.00. The van der Waals surface area contributed by atoms with Gasteiger partial charge in [0.25, 0.3) is 0 Å². The Balaban J connectivity index is 2.85. The highest BCUT2D eigenvalue weighted by atomic mass is 35.5. The first-order chi connectivity index (χ1) is 6.59. The minimum atomic E-state index is -1.21. The van der Waals surface area contributed by atoms with Crippen molar-refractivity contribution in [3.8, 4) is 0 Å². The monoisotopic (exact) mass is 213 g/mol. The molecule has 0 saturated heterocycles. The number of carboxylic acids is 1. The standard InChI is InChI=1S/C7H4ClN3O3/c1-2-9-3-4(7(12)13)11-14-5(3)6(8)10-2/h1H3,(H,12,13). The van der Waals surface area contributed by atoms with Gasteiger partial charge in [0, 0.05) is 0 Å². The van der Waals surface area contributed by atoms with Crippen molar-refractivity contribution in [3.05, 3.63) is 16.7 Å². The lowest BCUT2D eigenvalue weighted by atomic mass is 10.3. The summed E-state index contributed by atoms with van der Waals surface area (Å²) in [6, 6.07) is 0. The van der Waals surface area contributed by atoms with Crippen LogP contribution in [0.25, 0.3) is 11.1 Å². The molecule has 0 aliphatic heterocycles. The van der Waals surface area contributed by atoms with E-state index in [-0.39, 0.29) is 21.9 Å². The largest absolute Gasteiger partial charge is 0.476 e. The van der Waals surface area contributed by atoms with Crippen molar-refractivity contribution < 1.29 is 14.4 Å². The van der Waals surface area contributed by atoms with Gasteiger partial charge in [-0.3, -0.25) is 0 Å². The molecule has 0 spiro atoms. The molecule has 72 valence electrons. The molecule has 0 fully saturated rings. The fraction of sp³-hybridized carbons (Fsp3) is 0.143. The van der Waals surface area contributed by atoms with E-state index < -0.39 is 5.97 Å². The first-order valence-electron chi connectivity index (χ1n) is 3.62. The minimum absolute atomic E-state index is 0.0625. The van der Waals surface area contributed by atoms with Gasteiger partial charge in [0.1, 0.15) is 5.82 Å². The van der Waals surface area contributed by atoms with Crippen LogP contribution in [0, 0.1) is 6.92 Å². The fourth-order valence-electron chi connectivity index (χ4n) is 1.04. The third-order valence-corrected chi connectivity index (χ3v) is 1.85. The summed E-state index contributed by atoms with van der Waals surface area (Å²) in [6.07, 6.45) is 0. The Morgan fingerprint density at radius 1 is 1.50 bits per heavy atom. The summed E-state index contributed by atoms with van der Waals surface area (Å²) in [7, 11) is 0. The van der Waals surface area contributed by atoms with Gasteiger partial charge in [-0.1, -0.05) is 16.8 Å². The van der Waals surface area contributed by atoms with Crippen LogP contribution in [0.3, 0.4) is 0 Å². The van der Waals surface area contributed by atoms with Gasteiger partial charge < -0.3 is 9.63 Å². The van der Waals surface area contributed by atoms with Crippen LogP contribution in [-0.4, -0.2) is 26.2 Å². The third kappa shape index (κ3) is 1.20. The zero-order valence-electron chi connectivity index (χ0n) is 6.98. The first kappa shape index (κ1) is 8.89. The smallest absolute Gasteiger partial charge is 0.360 e. The van der Waals surface area contributed by atoms with Gasteiger partial charge in [0.05, 0.1) is 0 Å². The molecule has 14 heavy (non-hydrogen) atoms. The molecule has 2 heterocycles. The van der Waals surface area contributed by atoms with Gasteiger partial charge in [0.15, 0.2) is 10.7 Å². The van der Waals surface area contributed by atoms with Crippen LogP contribution < -0.4 is 0 Å². The number of hydrogen-bond acceptors (Lipinski definition) is 5. The zero-order valence-corrected chi connectivity index (χ0v) is 7.74. The number of nitrogens with zero attached hydrogens (tertiary/aromatic N) is 3. The number of aromatic carboxylic acids is 1. The van der Waals surface area contributed by atoms with Crippen molar-refractivity contribution >= 4 is 28.7 Å². The number of rotatable bonds is 1. The van der Waals surface area contributed by atoms with Crippen LogP contribution >= 0.6 is 11.6 Å². The molecule has 1 N–H and O–H groups in total. The summed E-state index contributed by atoms with van der Waals surface area (Å²) in [5.74, 6) is -0.842. The van der Waals surface area contributed by atoms with E-state index in [0.29, 0.717) is 5.82 Å². The van der Waals surface area contributed by atoms with E-state index in [1.54, 1.807) is 6.92 Å². The summed E-state index contributed by atoms with van der Waals surface area (Å²) in [5.41, 5.74) is -0.0444. The number of hydrogen-bond donors (Lipinski definition) is 1. The Labute approximate surface area is 82.5 Å². The Morgan fingerprint density at radius 2 is 2.21 bits per heavy atom. The molecule has 0 atom stereocenters. The van der Waals surface area contributed by atoms with E-state index >= 15 is 0 Å². The lowest BCUT2D eigenvalue weighted by Gasteiger charge is -1.92. The summed E-state index contributed by atoms with van der Waals surface area (Å²) in [5, 5.41) is 12.1. The van der Waals surface area contributed by atoms with Gasteiger partial charge in [-0.05, 0) is 6.92 Å². The molecular formula is C7H4ClN3O3. The lowest BCUT2D eigenvalue weighted by molar-refractivity contribution is 0.0687. The molecule has 0 saturated carbocycles. The molecule has 6 nitrogen and oxygen atoms in total. The molecule has 0 bridgehead atoms. The predicted molar refractivity (Wildman–Crippen MR) is 46.3 cm³/mol. The van der Waals surface area contributed by atoms with E-state index in [1.165, 1.54) is 0 Å². The van der Waals surface area contributed by atoms with Crippen LogP contribution in [0.4, 0.5) is 0 Å². The quantitative estimate of drug-likeness (QED) is 0.718. The second kappa shape index (κ2) is 2.91. The van der Waals surface area contributed by atoms with Crippen LogP contribution in [0.2, 0.25) is 5.15 Å². The maximum absolute atomic E-state index is 10.7. The van der Waals surface area contributed by atoms with E-state index in [9.17, 15) is 4.79 Å². The predicted octanol–water partition coefficient (Wildman–Crippen LogP) is 1.28. The van der Waals surface area contributed by atoms with Gasteiger partial charge >= 0.3 is 5.97 Å². The van der Waals surface area contributed by atoms with Gasteiger partial charge in [-0.25, -0.2) is 14.8 Å². The molecule has 0 amide bonds. The van der Waals surface area contributed by atoms with Crippen LogP contribution in [0.5, 0.6) is 0 Å². The second-order valence-corrected chi connectivity index (χ2v) is 2.93. The highest BCUT2D eigenvalue weighted by Gasteiger charge is 2.19. The van der Waals surface area contributed by atoms with Crippen molar-refractivity contribution in [2.24, 2.45) is 0 Å². The fourth-order valence-corrected chi connectivity index (χ4v) is 1.29. The van der Waals surface area contributed by atoms with Crippen molar-refractivity contribution in [1.82, 2.24) is 15.1 Å². The van der Waals surface area contributed by atoms with E-state index in [1.807, 2.05) is 0 Å². The molecule has 0 aliphatic rings. The molecular weight excluding hydrogens is 210 g/mol. The molecule has 0 radical (unpaired) electrons. The zero-order chi connectivity index (χ0) is 10.3. The Morgan fingerprint density at radius 3 is 2.86 bits per heavy atom. The highest BCUT2D eigenvalue weighted by molar-refractivity contribution is 6.33. The normalized spacial score (nSPS) is 10.7. The number of fused-ring (bicyclic) bond motifs is 1. The molecule has 0 aromatic carbocycles. The van der Waals surface area contributed by atoms with Crippen LogP contribution in [-0.2, 0) is 0 Å². The highest BCUT2D eigenvalue weighted by Crippen LogP contribution is 2.22. The minimum Gasteiger partial charge on any atom is -0.476 e. The van der Waals surface area contributed by atoms with Crippen molar-refractivity contribution in [3.63, 3.8) is 0 Å². The van der Waals surface area contributed by atoms with Gasteiger partial charge in [-0.2, -0.15) is 0 Å². The Kier molecular flexibility index (Phi) is 1.85. The molecule has 2 aromatic rings. The third-order valence-electron chi connectivity index (χ3n) is 1.59. The van der Waals surface area contributed by atoms with Crippen molar-refractivity contribution in [2.75, 3.05) is 0 Å². The lowest BCUT2D eigenvalue weighted by Crippen LogP contribution is -1.98. The second-order valence-electron chi connectivity index (χ2n) is 2.58. The van der Waals surface area contributed by atoms with Gasteiger partial charge in [-0.15, -0.1) is 0 Å². The number of carboxylic acid groups (broad SMARTS) is 1. The molecule has 0 unspecified atom stereocenters. The topological polar surface area (TPSA) is 89.1 Å². The van der Waals surface area contributed by atoms with Crippen molar-refractivity contribution in [2.45, 2.75) is 6.92 Å². The molecule has 2 aromatic heterocycles. The number of carbonyl (C=O) groups is 1. The summed E-state index contributed by atoms with van der Waals surface area (Å²) >= 11 is 5.70. The molecule has 2 rings (SSSR count). The Hall–Kier alpha value is -1.69. The Bertz CT molecular complexity index is 522. The summed E-state index contributed by atoms with van der Waals surface area (Å²) < 4.78 is 4.71. The number of halogens is 1. The van der Waals surface area contributed by atoms with Crippen LogP contribution in [0.15, 0.2) is 4.52 Å². The van der Waals surface area contributed by atoms with E-state index in [4.69, 9.17) is 21.2 Å². The number of aryl methyl sites for hydroxylation is 1. The summed E-state index contributed by atoms with van der Waals surface area (Å²) in [4.78, 5) is 18.4. The molecule has 7 heteroatoms. The average molecular weight is 214 g/mol.